The summed E-state index contributed by atoms with van der Waals surface area (Å²) in [4.78, 5) is 24.8. The molecule has 1 aromatic carbocycles. The lowest BCUT2D eigenvalue weighted by molar-refractivity contribution is -0.166. The molecule has 2 atom stereocenters. The fourth-order valence-electron chi connectivity index (χ4n) is 3.71. The summed E-state index contributed by atoms with van der Waals surface area (Å²) < 4.78 is 16.6. The molecule has 23 heavy (non-hydrogen) atoms. The SMILES string of the molecule is Cc1cc(C)c2c(c1C)OC(=O)[C@]21OC(=O)C[C@H]1c1ccco1. The largest absolute Gasteiger partial charge is 0.469 e. The van der Waals surface area contributed by atoms with Crippen molar-refractivity contribution in [3.8, 4) is 5.75 Å². The van der Waals surface area contributed by atoms with Crippen molar-refractivity contribution in [2.45, 2.75) is 38.7 Å². The van der Waals surface area contributed by atoms with Crippen LogP contribution in [-0.4, -0.2) is 11.9 Å². The Balaban J connectivity index is 2.01. The molecule has 1 spiro atoms. The van der Waals surface area contributed by atoms with Crippen molar-refractivity contribution in [2.24, 2.45) is 0 Å². The Morgan fingerprint density at radius 1 is 1.17 bits per heavy atom. The molecule has 0 N–H and O–H groups in total. The number of aryl methyl sites for hydroxylation is 2. The Morgan fingerprint density at radius 2 is 1.96 bits per heavy atom. The van der Waals surface area contributed by atoms with Gasteiger partial charge in [-0.1, -0.05) is 6.07 Å². The van der Waals surface area contributed by atoms with Crippen LogP contribution in [0.25, 0.3) is 0 Å². The third-order valence-corrected chi connectivity index (χ3v) is 4.88. The van der Waals surface area contributed by atoms with Crippen LogP contribution < -0.4 is 4.74 Å². The third kappa shape index (κ3) is 1.67. The van der Waals surface area contributed by atoms with E-state index in [0.717, 1.165) is 16.7 Å². The monoisotopic (exact) mass is 312 g/mol. The Labute approximate surface area is 133 Å². The minimum Gasteiger partial charge on any atom is -0.469 e. The van der Waals surface area contributed by atoms with Crippen molar-refractivity contribution in [1.29, 1.82) is 0 Å². The van der Waals surface area contributed by atoms with Crippen molar-refractivity contribution < 1.29 is 23.5 Å². The molecule has 0 bridgehead atoms. The van der Waals surface area contributed by atoms with Crippen LogP contribution in [0.3, 0.4) is 0 Å². The van der Waals surface area contributed by atoms with Crippen LogP contribution in [0.15, 0.2) is 28.9 Å². The van der Waals surface area contributed by atoms with E-state index in [0.29, 0.717) is 17.1 Å². The average molecular weight is 312 g/mol. The number of benzene rings is 1. The van der Waals surface area contributed by atoms with Gasteiger partial charge < -0.3 is 13.9 Å². The van der Waals surface area contributed by atoms with Gasteiger partial charge in [0.15, 0.2) is 0 Å². The van der Waals surface area contributed by atoms with E-state index in [1.54, 1.807) is 12.1 Å². The first-order valence-electron chi connectivity index (χ1n) is 7.54. The number of carbonyl (C=O) groups is 2. The molecular formula is C18H16O5. The highest BCUT2D eigenvalue weighted by Crippen LogP contribution is 2.56. The van der Waals surface area contributed by atoms with Gasteiger partial charge in [0.05, 0.1) is 24.2 Å². The number of rotatable bonds is 1. The van der Waals surface area contributed by atoms with Crippen LogP contribution in [0.5, 0.6) is 5.75 Å². The van der Waals surface area contributed by atoms with Crippen molar-refractivity contribution in [3.05, 3.63) is 52.5 Å². The van der Waals surface area contributed by atoms with Crippen LogP contribution in [0.4, 0.5) is 0 Å². The van der Waals surface area contributed by atoms with Crippen molar-refractivity contribution in [1.82, 2.24) is 0 Å². The molecule has 2 aliphatic heterocycles. The van der Waals surface area contributed by atoms with E-state index in [1.165, 1.54) is 6.26 Å². The predicted molar refractivity (Wildman–Crippen MR) is 80.1 cm³/mol. The first-order chi connectivity index (χ1) is 10.9. The summed E-state index contributed by atoms with van der Waals surface area (Å²) in [5.41, 5.74) is 2.01. The van der Waals surface area contributed by atoms with Crippen LogP contribution in [0.2, 0.25) is 0 Å². The van der Waals surface area contributed by atoms with E-state index in [2.05, 4.69) is 0 Å². The van der Waals surface area contributed by atoms with E-state index >= 15 is 0 Å². The van der Waals surface area contributed by atoms with Crippen molar-refractivity contribution >= 4 is 11.9 Å². The number of hydrogen-bond acceptors (Lipinski definition) is 5. The molecule has 2 aromatic rings. The van der Waals surface area contributed by atoms with Crippen LogP contribution in [-0.2, 0) is 19.9 Å². The molecule has 0 amide bonds. The molecule has 4 rings (SSSR count). The summed E-state index contributed by atoms with van der Waals surface area (Å²) in [5.74, 6) is -0.415. The van der Waals surface area contributed by atoms with Crippen LogP contribution in [0.1, 0.15) is 40.4 Å². The maximum atomic E-state index is 12.8. The van der Waals surface area contributed by atoms with Gasteiger partial charge in [-0.2, -0.15) is 0 Å². The summed E-state index contributed by atoms with van der Waals surface area (Å²) in [6.07, 6.45) is 1.62. The van der Waals surface area contributed by atoms with Gasteiger partial charge in [-0.25, -0.2) is 4.79 Å². The molecule has 2 aliphatic rings. The highest BCUT2D eigenvalue weighted by Gasteiger charge is 2.64. The Morgan fingerprint density at radius 3 is 2.65 bits per heavy atom. The predicted octanol–water partition coefficient (Wildman–Crippen LogP) is 3.05. The minimum absolute atomic E-state index is 0.0917. The van der Waals surface area contributed by atoms with Gasteiger partial charge in [0.1, 0.15) is 11.5 Å². The van der Waals surface area contributed by atoms with Gasteiger partial charge in [0.2, 0.25) is 5.60 Å². The lowest BCUT2D eigenvalue weighted by atomic mass is 9.78. The van der Waals surface area contributed by atoms with Crippen molar-refractivity contribution in [2.75, 3.05) is 0 Å². The topological polar surface area (TPSA) is 65.7 Å². The quantitative estimate of drug-likeness (QED) is 0.598. The summed E-state index contributed by atoms with van der Waals surface area (Å²) in [7, 11) is 0. The first-order valence-corrected chi connectivity index (χ1v) is 7.54. The number of carbonyl (C=O) groups excluding carboxylic acids is 2. The smallest absolute Gasteiger partial charge is 0.361 e. The lowest BCUT2D eigenvalue weighted by Crippen LogP contribution is -2.38. The molecule has 3 heterocycles. The van der Waals surface area contributed by atoms with E-state index < -0.39 is 23.5 Å². The van der Waals surface area contributed by atoms with E-state index in [9.17, 15) is 9.59 Å². The van der Waals surface area contributed by atoms with Gasteiger partial charge >= 0.3 is 11.9 Å². The fourth-order valence-corrected chi connectivity index (χ4v) is 3.71. The molecule has 5 heteroatoms. The molecule has 0 saturated carbocycles. The molecule has 118 valence electrons. The molecule has 0 aliphatic carbocycles. The Bertz CT molecular complexity index is 834. The van der Waals surface area contributed by atoms with E-state index in [4.69, 9.17) is 13.9 Å². The molecule has 1 aromatic heterocycles. The third-order valence-electron chi connectivity index (χ3n) is 4.88. The molecular weight excluding hydrogens is 296 g/mol. The zero-order valence-electron chi connectivity index (χ0n) is 13.1. The average Bonchev–Trinajstić information content (AvgIpc) is 3.17. The maximum Gasteiger partial charge on any atom is 0.361 e. The number of ether oxygens (including phenoxy) is 2. The summed E-state index contributed by atoms with van der Waals surface area (Å²) in [6, 6.07) is 5.49. The highest BCUT2D eigenvalue weighted by molar-refractivity contribution is 5.96. The number of furan rings is 1. The van der Waals surface area contributed by atoms with Crippen molar-refractivity contribution in [3.63, 3.8) is 0 Å². The number of esters is 2. The summed E-state index contributed by atoms with van der Waals surface area (Å²) in [5, 5.41) is 0. The second kappa shape index (κ2) is 4.47. The highest BCUT2D eigenvalue weighted by atomic mass is 16.6. The van der Waals surface area contributed by atoms with Gasteiger partial charge in [-0.3, -0.25) is 4.79 Å². The van der Waals surface area contributed by atoms with Gasteiger partial charge in [0.25, 0.3) is 0 Å². The lowest BCUT2D eigenvalue weighted by Gasteiger charge is -2.26. The summed E-state index contributed by atoms with van der Waals surface area (Å²) >= 11 is 0. The van der Waals surface area contributed by atoms with Gasteiger partial charge in [-0.05, 0) is 49.6 Å². The molecule has 1 saturated heterocycles. The second-order valence-corrected chi connectivity index (χ2v) is 6.21. The first kappa shape index (κ1) is 14.1. The number of hydrogen-bond donors (Lipinski definition) is 0. The standard InChI is InChI=1S/C18H16O5/c1-9-7-10(2)15-16(11(9)3)22-17(20)18(15)12(8-14(19)23-18)13-5-4-6-21-13/h4-7,12H,8H2,1-3H3/t12-,18+/m0/s1. The Hall–Kier alpha value is -2.56. The maximum absolute atomic E-state index is 12.8. The molecule has 5 nitrogen and oxygen atoms in total. The zero-order valence-corrected chi connectivity index (χ0v) is 13.1. The minimum atomic E-state index is -1.44. The number of fused-ring (bicyclic) bond motifs is 2. The van der Waals surface area contributed by atoms with Crippen LogP contribution >= 0.6 is 0 Å². The van der Waals surface area contributed by atoms with E-state index in [-0.39, 0.29) is 6.42 Å². The normalized spacial score (nSPS) is 25.6. The zero-order chi connectivity index (χ0) is 16.4. The summed E-state index contributed by atoms with van der Waals surface area (Å²) in [6.45, 7) is 5.77. The molecule has 1 fully saturated rings. The molecule has 0 radical (unpaired) electrons. The van der Waals surface area contributed by atoms with Gasteiger partial charge in [0, 0.05) is 0 Å². The van der Waals surface area contributed by atoms with E-state index in [1.807, 2.05) is 26.8 Å². The second-order valence-electron chi connectivity index (χ2n) is 6.21. The van der Waals surface area contributed by atoms with Gasteiger partial charge in [-0.15, -0.1) is 0 Å². The van der Waals surface area contributed by atoms with Crippen LogP contribution in [0, 0.1) is 20.8 Å². The fraction of sp³-hybridized carbons (Fsp3) is 0.333. The molecule has 0 unspecified atom stereocenters. The Kier molecular flexibility index (Phi) is 2.73.